The van der Waals surface area contributed by atoms with Gasteiger partial charge in [-0.3, -0.25) is 4.79 Å². The van der Waals surface area contributed by atoms with Crippen molar-refractivity contribution in [3.05, 3.63) is 35.9 Å². The molecule has 0 fully saturated rings. The molecule has 1 amide bonds. The normalized spacial score (nSPS) is 13.5. The van der Waals surface area contributed by atoms with Crippen molar-refractivity contribution >= 4 is 5.91 Å². The number of carbonyl (C=O) groups excluding carboxylic acids is 1. The van der Waals surface area contributed by atoms with Crippen LogP contribution in [0.15, 0.2) is 30.3 Å². The van der Waals surface area contributed by atoms with Gasteiger partial charge in [0.2, 0.25) is 5.91 Å². The van der Waals surface area contributed by atoms with Crippen molar-refractivity contribution in [3.63, 3.8) is 0 Å². The number of nitriles is 1. The smallest absolute Gasteiger partial charge is 0.240 e. The Bertz CT molecular complexity index is 479. The van der Waals surface area contributed by atoms with Gasteiger partial charge < -0.3 is 9.80 Å². The fraction of sp³-hybridized carbons (Fsp3) is 0.529. The van der Waals surface area contributed by atoms with E-state index in [1.807, 2.05) is 58.3 Å². The molecule has 0 aliphatic rings. The average molecular weight is 287 g/mol. The summed E-state index contributed by atoms with van der Waals surface area (Å²) in [6.07, 6.45) is 0.474. The Morgan fingerprint density at radius 2 is 1.90 bits per heavy atom. The maximum absolute atomic E-state index is 12.6. The molecule has 0 saturated carbocycles. The van der Waals surface area contributed by atoms with Crippen LogP contribution in [0.1, 0.15) is 19.4 Å². The molecule has 2 unspecified atom stereocenters. The van der Waals surface area contributed by atoms with Gasteiger partial charge in [0.1, 0.15) is 5.92 Å². The van der Waals surface area contributed by atoms with Gasteiger partial charge in [0.05, 0.1) is 6.07 Å². The molecular formula is C17H25N3O. The maximum Gasteiger partial charge on any atom is 0.240 e. The van der Waals surface area contributed by atoms with E-state index in [0.29, 0.717) is 13.0 Å². The molecule has 4 heteroatoms. The highest BCUT2D eigenvalue weighted by molar-refractivity contribution is 5.81. The first-order chi connectivity index (χ1) is 9.99. The van der Waals surface area contributed by atoms with E-state index in [1.165, 1.54) is 0 Å². The van der Waals surface area contributed by atoms with Crippen LogP contribution < -0.4 is 0 Å². The summed E-state index contributed by atoms with van der Waals surface area (Å²) < 4.78 is 0. The van der Waals surface area contributed by atoms with Crippen molar-refractivity contribution in [1.29, 1.82) is 5.26 Å². The van der Waals surface area contributed by atoms with Gasteiger partial charge in [-0.2, -0.15) is 5.26 Å². The van der Waals surface area contributed by atoms with Gasteiger partial charge in [-0.05, 0) is 39.9 Å². The summed E-state index contributed by atoms with van der Waals surface area (Å²) >= 11 is 0. The van der Waals surface area contributed by atoms with E-state index in [2.05, 4.69) is 11.0 Å². The second-order valence-corrected chi connectivity index (χ2v) is 5.61. The number of benzene rings is 1. The van der Waals surface area contributed by atoms with Crippen LogP contribution in [0.25, 0.3) is 0 Å². The Balaban J connectivity index is 2.79. The number of amides is 1. The molecule has 0 aliphatic heterocycles. The van der Waals surface area contributed by atoms with Crippen LogP contribution in [0.5, 0.6) is 0 Å². The number of likely N-dealkylation sites (N-methyl/N-ethyl adjacent to an activating group) is 2. The summed E-state index contributed by atoms with van der Waals surface area (Å²) in [5, 5.41) is 9.36. The van der Waals surface area contributed by atoms with E-state index in [1.54, 1.807) is 4.90 Å². The van der Waals surface area contributed by atoms with Crippen LogP contribution in [0.2, 0.25) is 0 Å². The lowest BCUT2D eigenvalue weighted by Crippen LogP contribution is -2.46. The van der Waals surface area contributed by atoms with Gasteiger partial charge in [0.25, 0.3) is 0 Å². The van der Waals surface area contributed by atoms with Crippen LogP contribution in [0.3, 0.4) is 0 Å². The predicted octanol–water partition coefficient (Wildman–Crippen LogP) is 2.17. The van der Waals surface area contributed by atoms with Crippen LogP contribution in [0, 0.1) is 17.2 Å². The highest BCUT2D eigenvalue weighted by Gasteiger charge is 2.27. The zero-order valence-corrected chi connectivity index (χ0v) is 13.4. The van der Waals surface area contributed by atoms with Crippen LogP contribution in [-0.2, 0) is 11.2 Å². The average Bonchev–Trinajstić information content (AvgIpc) is 2.45. The first kappa shape index (κ1) is 17.2. The van der Waals surface area contributed by atoms with Gasteiger partial charge >= 0.3 is 0 Å². The minimum Gasteiger partial charge on any atom is -0.338 e. The van der Waals surface area contributed by atoms with Crippen molar-refractivity contribution in [2.24, 2.45) is 5.92 Å². The van der Waals surface area contributed by atoms with E-state index >= 15 is 0 Å². The number of carbonyl (C=O) groups is 1. The lowest BCUT2D eigenvalue weighted by Gasteiger charge is -2.31. The quantitative estimate of drug-likeness (QED) is 0.772. The Labute approximate surface area is 128 Å². The largest absolute Gasteiger partial charge is 0.338 e. The molecule has 0 N–H and O–H groups in total. The first-order valence-corrected chi connectivity index (χ1v) is 7.38. The third-order valence-electron chi connectivity index (χ3n) is 3.52. The van der Waals surface area contributed by atoms with Gasteiger partial charge in [-0.25, -0.2) is 0 Å². The number of nitrogens with zero attached hydrogens (tertiary/aromatic N) is 3. The molecule has 0 aromatic heterocycles. The second-order valence-electron chi connectivity index (χ2n) is 5.61. The fourth-order valence-electron chi connectivity index (χ4n) is 2.55. The minimum absolute atomic E-state index is 0.0711. The molecule has 0 bridgehead atoms. The van der Waals surface area contributed by atoms with E-state index in [0.717, 1.165) is 12.1 Å². The number of rotatable bonds is 7. The molecule has 0 aliphatic carbocycles. The second kappa shape index (κ2) is 8.43. The third kappa shape index (κ3) is 5.20. The summed E-state index contributed by atoms with van der Waals surface area (Å²) in [5.74, 6) is -0.685. The summed E-state index contributed by atoms with van der Waals surface area (Å²) in [5.41, 5.74) is 1.02. The molecule has 0 radical (unpaired) electrons. The van der Waals surface area contributed by atoms with Gasteiger partial charge in [0, 0.05) is 19.1 Å². The summed E-state index contributed by atoms with van der Waals surface area (Å²) in [6.45, 7) is 5.41. The Kier molecular flexibility index (Phi) is 6.90. The van der Waals surface area contributed by atoms with E-state index in [4.69, 9.17) is 0 Å². The minimum atomic E-state index is -0.614. The van der Waals surface area contributed by atoms with Gasteiger partial charge in [-0.15, -0.1) is 0 Å². The summed E-state index contributed by atoms with van der Waals surface area (Å²) in [7, 11) is 3.97. The third-order valence-corrected chi connectivity index (χ3v) is 3.52. The molecule has 114 valence electrons. The Morgan fingerprint density at radius 1 is 1.29 bits per heavy atom. The monoisotopic (exact) mass is 287 g/mol. The highest BCUT2D eigenvalue weighted by Crippen LogP contribution is 2.13. The molecule has 4 nitrogen and oxygen atoms in total. The Hall–Kier alpha value is -1.86. The van der Waals surface area contributed by atoms with Crippen LogP contribution in [0.4, 0.5) is 0 Å². The zero-order valence-electron chi connectivity index (χ0n) is 13.4. The topological polar surface area (TPSA) is 47.3 Å². The first-order valence-electron chi connectivity index (χ1n) is 7.38. The predicted molar refractivity (Wildman–Crippen MR) is 84.7 cm³/mol. The Morgan fingerprint density at radius 3 is 2.38 bits per heavy atom. The van der Waals surface area contributed by atoms with Crippen molar-refractivity contribution in [2.45, 2.75) is 26.3 Å². The summed E-state index contributed by atoms with van der Waals surface area (Å²) in [6, 6.07) is 12.0. The lowest BCUT2D eigenvalue weighted by molar-refractivity contribution is -0.135. The van der Waals surface area contributed by atoms with E-state index in [9.17, 15) is 10.1 Å². The van der Waals surface area contributed by atoms with E-state index < -0.39 is 5.92 Å². The van der Waals surface area contributed by atoms with Crippen molar-refractivity contribution in [3.8, 4) is 6.07 Å². The SMILES string of the molecule is CCN(C(=O)C(C#N)Cc1ccccc1)C(C)CN(C)C. The molecule has 21 heavy (non-hydrogen) atoms. The molecule has 1 aromatic carbocycles. The highest BCUT2D eigenvalue weighted by atomic mass is 16.2. The van der Waals surface area contributed by atoms with Crippen molar-refractivity contribution in [1.82, 2.24) is 9.80 Å². The molecule has 1 aromatic rings. The molecule has 2 atom stereocenters. The van der Waals surface area contributed by atoms with Crippen LogP contribution in [-0.4, -0.2) is 48.9 Å². The fourth-order valence-corrected chi connectivity index (χ4v) is 2.55. The van der Waals surface area contributed by atoms with Crippen molar-refractivity contribution < 1.29 is 4.79 Å². The molecule has 0 saturated heterocycles. The van der Waals surface area contributed by atoms with E-state index in [-0.39, 0.29) is 11.9 Å². The molecular weight excluding hydrogens is 262 g/mol. The van der Waals surface area contributed by atoms with Gasteiger partial charge in [0.15, 0.2) is 0 Å². The van der Waals surface area contributed by atoms with Gasteiger partial charge in [-0.1, -0.05) is 30.3 Å². The van der Waals surface area contributed by atoms with Crippen molar-refractivity contribution in [2.75, 3.05) is 27.2 Å². The number of hydrogen-bond acceptors (Lipinski definition) is 3. The van der Waals surface area contributed by atoms with Crippen LogP contribution >= 0.6 is 0 Å². The molecule has 0 heterocycles. The number of hydrogen-bond donors (Lipinski definition) is 0. The summed E-state index contributed by atoms with van der Waals surface area (Å²) in [4.78, 5) is 16.5. The maximum atomic E-state index is 12.6. The molecule has 0 spiro atoms. The molecule has 1 rings (SSSR count). The lowest BCUT2D eigenvalue weighted by atomic mass is 9.98. The standard InChI is InChI=1S/C17H25N3O/c1-5-20(14(2)13-19(3)4)17(21)16(12-18)11-15-9-7-6-8-10-15/h6-10,14,16H,5,11,13H2,1-4H3. The zero-order chi connectivity index (χ0) is 15.8.